The standard InChI is InChI=1S/C21H18N6O3S2/c1-12-4-6-15(13(2)8-12)16-10-31-20(23-16)24-19(28)14-5-7-18(17(9-14)27(29)30)32-21-25-22-11-26(21)3/h4-11H,1-3H3,(H,23,24,28). The number of amides is 1. The second-order valence-electron chi connectivity index (χ2n) is 7.08. The number of rotatable bonds is 6. The number of aryl methyl sites for hydroxylation is 3. The summed E-state index contributed by atoms with van der Waals surface area (Å²) in [7, 11) is 1.75. The smallest absolute Gasteiger partial charge is 0.284 e. The summed E-state index contributed by atoms with van der Waals surface area (Å²) in [4.78, 5) is 28.7. The Morgan fingerprint density at radius 1 is 1.22 bits per heavy atom. The molecule has 1 amide bonds. The second kappa shape index (κ2) is 8.89. The first-order chi connectivity index (χ1) is 15.3. The maximum Gasteiger partial charge on any atom is 0.284 e. The molecule has 0 bridgehead atoms. The highest BCUT2D eigenvalue weighted by Crippen LogP contribution is 2.34. The van der Waals surface area contributed by atoms with E-state index in [2.05, 4.69) is 26.6 Å². The van der Waals surface area contributed by atoms with Crippen LogP contribution in [0.1, 0.15) is 21.5 Å². The Kier molecular flexibility index (Phi) is 6.01. The Bertz CT molecular complexity index is 1330. The second-order valence-corrected chi connectivity index (χ2v) is 8.94. The molecule has 0 radical (unpaired) electrons. The van der Waals surface area contributed by atoms with Crippen LogP contribution in [0.2, 0.25) is 0 Å². The summed E-state index contributed by atoms with van der Waals surface area (Å²) in [6.07, 6.45) is 1.51. The summed E-state index contributed by atoms with van der Waals surface area (Å²) in [6.45, 7) is 4.04. The topological polar surface area (TPSA) is 116 Å². The van der Waals surface area contributed by atoms with E-state index in [9.17, 15) is 14.9 Å². The van der Waals surface area contributed by atoms with Crippen molar-refractivity contribution in [2.45, 2.75) is 23.9 Å². The van der Waals surface area contributed by atoms with Gasteiger partial charge in [0.2, 0.25) is 0 Å². The minimum absolute atomic E-state index is 0.169. The quantitative estimate of drug-likeness (QED) is 0.318. The predicted molar refractivity (Wildman–Crippen MR) is 123 cm³/mol. The molecule has 11 heteroatoms. The molecule has 0 aliphatic heterocycles. The molecule has 0 aliphatic rings. The minimum atomic E-state index is -0.517. The van der Waals surface area contributed by atoms with Gasteiger partial charge >= 0.3 is 0 Å². The van der Waals surface area contributed by atoms with Gasteiger partial charge in [0.15, 0.2) is 10.3 Å². The van der Waals surface area contributed by atoms with Gasteiger partial charge in [-0.15, -0.1) is 21.5 Å². The minimum Gasteiger partial charge on any atom is -0.311 e. The summed E-state index contributed by atoms with van der Waals surface area (Å²) >= 11 is 2.41. The van der Waals surface area contributed by atoms with E-state index in [1.54, 1.807) is 17.7 Å². The van der Waals surface area contributed by atoms with Crippen molar-refractivity contribution < 1.29 is 9.72 Å². The first-order valence-electron chi connectivity index (χ1n) is 9.46. The average molecular weight is 467 g/mol. The van der Waals surface area contributed by atoms with E-state index in [1.165, 1.54) is 29.8 Å². The highest BCUT2D eigenvalue weighted by Gasteiger charge is 2.21. The number of thiazole rings is 1. The number of nitro benzene ring substituents is 1. The van der Waals surface area contributed by atoms with Gasteiger partial charge in [-0.2, -0.15) is 0 Å². The molecule has 162 valence electrons. The average Bonchev–Trinajstić information content (AvgIpc) is 3.37. The lowest BCUT2D eigenvalue weighted by Crippen LogP contribution is -2.12. The molecule has 4 rings (SSSR count). The Balaban J connectivity index is 1.55. The fraction of sp³-hybridized carbons (Fsp3) is 0.143. The van der Waals surface area contributed by atoms with E-state index in [1.807, 2.05) is 31.4 Å². The number of nitro groups is 1. The third-order valence-corrected chi connectivity index (χ3v) is 6.55. The molecule has 0 saturated carbocycles. The largest absolute Gasteiger partial charge is 0.311 e. The third-order valence-electron chi connectivity index (χ3n) is 4.67. The Hall–Kier alpha value is -3.57. The molecule has 0 spiro atoms. The highest BCUT2D eigenvalue weighted by molar-refractivity contribution is 7.99. The van der Waals surface area contributed by atoms with E-state index in [0.717, 1.165) is 34.1 Å². The molecule has 32 heavy (non-hydrogen) atoms. The van der Waals surface area contributed by atoms with Crippen LogP contribution in [0.15, 0.2) is 58.2 Å². The van der Waals surface area contributed by atoms with E-state index in [-0.39, 0.29) is 11.3 Å². The normalized spacial score (nSPS) is 10.8. The van der Waals surface area contributed by atoms with Crippen LogP contribution in [0.25, 0.3) is 11.3 Å². The maximum atomic E-state index is 12.7. The lowest BCUT2D eigenvalue weighted by Gasteiger charge is -2.06. The van der Waals surface area contributed by atoms with E-state index in [0.29, 0.717) is 15.2 Å². The Labute approximate surface area is 191 Å². The number of benzene rings is 2. The van der Waals surface area contributed by atoms with E-state index in [4.69, 9.17) is 0 Å². The summed E-state index contributed by atoms with van der Waals surface area (Å²) in [5.74, 6) is -0.468. The van der Waals surface area contributed by atoms with Gasteiger partial charge in [0.05, 0.1) is 15.5 Å². The van der Waals surface area contributed by atoms with Crippen LogP contribution < -0.4 is 5.32 Å². The van der Waals surface area contributed by atoms with Crippen LogP contribution >= 0.6 is 23.1 Å². The fourth-order valence-electron chi connectivity index (χ4n) is 3.08. The molecule has 0 saturated heterocycles. The van der Waals surface area contributed by atoms with Gasteiger partial charge < -0.3 is 4.57 Å². The first kappa shape index (κ1) is 21.7. The molecule has 2 heterocycles. The van der Waals surface area contributed by atoms with Gasteiger partial charge in [0, 0.05) is 29.6 Å². The molecule has 2 aromatic heterocycles. The molecule has 0 fully saturated rings. The van der Waals surface area contributed by atoms with Crippen molar-refractivity contribution in [1.82, 2.24) is 19.7 Å². The van der Waals surface area contributed by atoms with Crippen molar-refractivity contribution >= 4 is 39.8 Å². The fourth-order valence-corrected chi connectivity index (χ4v) is 4.63. The molecule has 2 aromatic carbocycles. The lowest BCUT2D eigenvalue weighted by atomic mass is 10.0. The lowest BCUT2D eigenvalue weighted by molar-refractivity contribution is -0.387. The summed E-state index contributed by atoms with van der Waals surface area (Å²) in [5.41, 5.74) is 4.01. The van der Waals surface area contributed by atoms with Crippen LogP contribution in [0.3, 0.4) is 0 Å². The monoisotopic (exact) mass is 466 g/mol. The molecule has 1 N–H and O–H groups in total. The van der Waals surface area contributed by atoms with Crippen molar-refractivity contribution in [2.24, 2.45) is 7.05 Å². The predicted octanol–water partition coefficient (Wildman–Crippen LogP) is 4.87. The van der Waals surface area contributed by atoms with Crippen molar-refractivity contribution in [1.29, 1.82) is 0 Å². The SMILES string of the molecule is Cc1ccc(-c2csc(NC(=O)c3ccc(Sc4nncn4C)c([N+](=O)[O-])c3)n2)c(C)c1. The Morgan fingerprint density at radius 2 is 2.03 bits per heavy atom. The zero-order chi connectivity index (χ0) is 22.8. The van der Waals surface area contributed by atoms with Crippen LogP contribution in [0.5, 0.6) is 0 Å². The van der Waals surface area contributed by atoms with Gasteiger partial charge in [-0.3, -0.25) is 20.2 Å². The highest BCUT2D eigenvalue weighted by atomic mass is 32.2. The van der Waals surface area contributed by atoms with Crippen molar-refractivity contribution in [3.63, 3.8) is 0 Å². The first-order valence-corrected chi connectivity index (χ1v) is 11.2. The zero-order valence-electron chi connectivity index (χ0n) is 17.4. The molecular formula is C21H18N6O3S2. The van der Waals surface area contributed by atoms with Gasteiger partial charge in [0.25, 0.3) is 11.6 Å². The zero-order valence-corrected chi connectivity index (χ0v) is 19.0. The van der Waals surface area contributed by atoms with Crippen LogP contribution in [0.4, 0.5) is 10.8 Å². The van der Waals surface area contributed by atoms with Crippen LogP contribution in [0, 0.1) is 24.0 Å². The summed E-state index contributed by atoms with van der Waals surface area (Å²) in [6, 6.07) is 10.4. The van der Waals surface area contributed by atoms with Crippen LogP contribution in [-0.2, 0) is 7.05 Å². The van der Waals surface area contributed by atoms with E-state index < -0.39 is 10.8 Å². The van der Waals surface area contributed by atoms with Crippen molar-refractivity contribution in [3.8, 4) is 11.3 Å². The third kappa shape index (κ3) is 4.53. The van der Waals surface area contributed by atoms with Crippen LogP contribution in [-0.4, -0.2) is 30.6 Å². The number of carbonyl (C=O) groups is 1. The number of hydrogen-bond donors (Lipinski definition) is 1. The number of aromatic nitrogens is 4. The van der Waals surface area contributed by atoms with Gasteiger partial charge in [-0.05, 0) is 43.3 Å². The van der Waals surface area contributed by atoms with Crippen molar-refractivity contribution in [2.75, 3.05) is 5.32 Å². The van der Waals surface area contributed by atoms with Crippen molar-refractivity contribution in [3.05, 3.63) is 74.9 Å². The van der Waals surface area contributed by atoms with Gasteiger partial charge in [0.1, 0.15) is 6.33 Å². The number of hydrogen-bond acceptors (Lipinski definition) is 8. The Morgan fingerprint density at radius 3 is 2.72 bits per heavy atom. The van der Waals surface area contributed by atoms with Gasteiger partial charge in [-0.25, -0.2) is 4.98 Å². The number of nitrogens with zero attached hydrogens (tertiary/aromatic N) is 5. The van der Waals surface area contributed by atoms with E-state index >= 15 is 0 Å². The number of carbonyl (C=O) groups excluding carboxylic acids is 1. The number of nitrogens with one attached hydrogen (secondary N) is 1. The van der Waals surface area contributed by atoms with Gasteiger partial charge in [-0.1, -0.05) is 23.8 Å². The molecule has 4 aromatic rings. The summed E-state index contributed by atoms with van der Waals surface area (Å²) in [5, 5.41) is 24.8. The maximum absolute atomic E-state index is 12.7. The molecular weight excluding hydrogens is 448 g/mol. The molecule has 0 unspecified atom stereocenters. The molecule has 9 nitrogen and oxygen atoms in total. The molecule has 0 aliphatic carbocycles. The molecule has 0 atom stereocenters. The summed E-state index contributed by atoms with van der Waals surface area (Å²) < 4.78 is 1.66. The number of anilines is 1.